The Bertz CT molecular complexity index is 719. The lowest BCUT2D eigenvalue weighted by Crippen LogP contribution is -2.54. The molecule has 134 valence electrons. The van der Waals surface area contributed by atoms with Gasteiger partial charge in [0.25, 0.3) is 5.91 Å². The fourth-order valence-corrected chi connectivity index (χ4v) is 4.40. The molecular formula is C18H23N3O2S2. The molecule has 25 heavy (non-hydrogen) atoms. The largest absolute Gasteiger partial charge is 0.350 e. The first-order valence-electron chi connectivity index (χ1n) is 8.44. The number of amides is 2. The van der Waals surface area contributed by atoms with Crippen LogP contribution in [0, 0.1) is 6.92 Å². The molecule has 3 rings (SSSR count). The predicted molar refractivity (Wildman–Crippen MR) is 102 cm³/mol. The first kappa shape index (κ1) is 18.1. The van der Waals surface area contributed by atoms with Gasteiger partial charge in [-0.1, -0.05) is 6.07 Å². The highest BCUT2D eigenvalue weighted by Gasteiger charge is 2.28. The van der Waals surface area contributed by atoms with E-state index in [-0.39, 0.29) is 17.9 Å². The predicted octanol–water partition coefficient (Wildman–Crippen LogP) is 2.58. The zero-order valence-corrected chi connectivity index (χ0v) is 16.2. The van der Waals surface area contributed by atoms with E-state index in [0.29, 0.717) is 19.6 Å². The zero-order valence-electron chi connectivity index (χ0n) is 14.5. The average Bonchev–Trinajstić information content (AvgIpc) is 3.30. The molecule has 7 heteroatoms. The van der Waals surface area contributed by atoms with Crippen molar-refractivity contribution in [3.05, 3.63) is 44.3 Å². The maximum absolute atomic E-state index is 12.5. The molecule has 1 atom stereocenters. The maximum atomic E-state index is 12.5. The Morgan fingerprint density at radius 2 is 1.96 bits per heavy atom. The molecule has 0 spiro atoms. The number of nitrogens with one attached hydrogen (secondary N) is 1. The highest BCUT2D eigenvalue weighted by molar-refractivity contribution is 7.13. The molecule has 1 N–H and O–H groups in total. The lowest BCUT2D eigenvalue weighted by molar-refractivity contribution is -0.126. The summed E-state index contributed by atoms with van der Waals surface area (Å²) < 4.78 is 0. The SMILES string of the molecule is Cc1ccc(C(=O)N2CCN(C(C)C(=O)NCc3cccs3)CC2)s1. The van der Waals surface area contributed by atoms with Gasteiger partial charge < -0.3 is 10.2 Å². The minimum absolute atomic E-state index is 0.0436. The second-order valence-corrected chi connectivity index (χ2v) is 8.53. The number of hydrogen-bond acceptors (Lipinski definition) is 5. The van der Waals surface area contributed by atoms with Crippen molar-refractivity contribution in [1.29, 1.82) is 0 Å². The van der Waals surface area contributed by atoms with Gasteiger partial charge in [-0.05, 0) is 37.4 Å². The number of rotatable bonds is 5. The third-order valence-corrected chi connectivity index (χ3v) is 6.36. The van der Waals surface area contributed by atoms with E-state index in [4.69, 9.17) is 0 Å². The number of nitrogens with zero attached hydrogens (tertiary/aromatic N) is 2. The lowest BCUT2D eigenvalue weighted by Gasteiger charge is -2.37. The fourth-order valence-electron chi connectivity index (χ4n) is 2.92. The van der Waals surface area contributed by atoms with Crippen LogP contribution in [-0.4, -0.2) is 53.8 Å². The van der Waals surface area contributed by atoms with E-state index in [0.717, 1.165) is 27.7 Å². The molecule has 0 radical (unpaired) electrons. The molecule has 1 fully saturated rings. The van der Waals surface area contributed by atoms with Crippen LogP contribution < -0.4 is 5.32 Å². The second-order valence-electron chi connectivity index (χ2n) is 6.21. The molecule has 0 bridgehead atoms. The lowest BCUT2D eigenvalue weighted by atomic mass is 10.2. The van der Waals surface area contributed by atoms with Crippen molar-refractivity contribution >= 4 is 34.5 Å². The first-order valence-corrected chi connectivity index (χ1v) is 10.1. The van der Waals surface area contributed by atoms with Crippen LogP contribution in [-0.2, 0) is 11.3 Å². The zero-order chi connectivity index (χ0) is 17.8. The number of piperazine rings is 1. The summed E-state index contributed by atoms with van der Waals surface area (Å²) in [6.45, 7) is 7.31. The molecule has 1 saturated heterocycles. The van der Waals surface area contributed by atoms with Crippen LogP contribution in [0.25, 0.3) is 0 Å². The Labute approximate surface area is 156 Å². The normalized spacial score (nSPS) is 16.6. The van der Waals surface area contributed by atoms with Gasteiger partial charge in [0.05, 0.1) is 17.5 Å². The van der Waals surface area contributed by atoms with Crippen molar-refractivity contribution in [3.63, 3.8) is 0 Å². The van der Waals surface area contributed by atoms with Gasteiger partial charge in [0.2, 0.25) is 5.91 Å². The summed E-state index contributed by atoms with van der Waals surface area (Å²) >= 11 is 3.18. The van der Waals surface area contributed by atoms with Crippen molar-refractivity contribution in [3.8, 4) is 0 Å². The van der Waals surface area contributed by atoms with Gasteiger partial charge >= 0.3 is 0 Å². The van der Waals surface area contributed by atoms with Crippen molar-refractivity contribution in [2.45, 2.75) is 26.4 Å². The van der Waals surface area contributed by atoms with Gasteiger partial charge in [-0.2, -0.15) is 0 Å². The first-order chi connectivity index (χ1) is 12.0. The molecule has 0 aliphatic carbocycles. The molecule has 2 aromatic heterocycles. The molecule has 0 saturated carbocycles. The van der Waals surface area contributed by atoms with E-state index in [9.17, 15) is 9.59 Å². The molecule has 1 aliphatic rings. The summed E-state index contributed by atoms with van der Waals surface area (Å²) in [5.41, 5.74) is 0. The van der Waals surface area contributed by atoms with Crippen LogP contribution in [0.3, 0.4) is 0 Å². The Balaban J connectivity index is 1.47. The summed E-state index contributed by atoms with van der Waals surface area (Å²) in [6, 6.07) is 7.71. The van der Waals surface area contributed by atoms with Crippen molar-refractivity contribution in [2.24, 2.45) is 0 Å². The fraction of sp³-hybridized carbons (Fsp3) is 0.444. The van der Waals surface area contributed by atoms with E-state index in [2.05, 4.69) is 10.2 Å². The van der Waals surface area contributed by atoms with Gasteiger partial charge in [0.1, 0.15) is 0 Å². The van der Waals surface area contributed by atoms with E-state index in [1.807, 2.05) is 48.4 Å². The summed E-state index contributed by atoms with van der Waals surface area (Å²) in [6.07, 6.45) is 0. The molecule has 3 heterocycles. The Kier molecular flexibility index (Phi) is 5.88. The third kappa shape index (κ3) is 4.48. The van der Waals surface area contributed by atoms with Crippen LogP contribution in [0.2, 0.25) is 0 Å². The third-order valence-electron chi connectivity index (χ3n) is 4.50. The molecular weight excluding hydrogens is 354 g/mol. The van der Waals surface area contributed by atoms with Gasteiger partial charge in [-0.25, -0.2) is 0 Å². The highest BCUT2D eigenvalue weighted by atomic mass is 32.1. The van der Waals surface area contributed by atoms with Gasteiger partial charge in [-0.3, -0.25) is 14.5 Å². The number of carbonyl (C=O) groups excluding carboxylic acids is 2. The molecule has 2 aromatic rings. The van der Waals surface area contributed by atoms with Gasteiger partial charge in [0.15, 0.2) is 0 Å². The summed E-state index contributed by atoms with van der Waals surface area (Å²) in [4.78, 5) is 32.0. The van der Waals surface area contributed by atoms with Crippen LogP contribution in [0.15, 0.2) is 29.6 Å². The minimum Gasteiger partial charge on any atom is -0.350 e. The summed E-state index contributed by atoms with van der Waals surface area (Å²) in [5, 5.41) is 5.01. The topological polar surface area (TPSA) is 52.7 Å². The van der Waals surface area contributed by atoms with E-state index < -0.39 is 0 Å². The second kappa shape index (κ2) is 8.12. The molecule has 2 amide bonds. The maximum Gasteiger partial charge on any atom is 0.264 e. The van der Waals surface area contributed by atoms with E-state index in [1.165, 1.54) is 11.3 Å². The number of thiophene rings is 2. The van der Waals surface area contributed by atoms with E-state index in [1.54, 1.807) is 11.3 Å². The van der Waals surface area contributed by atoms with Crippen LogP contribution in [0.4, 0.5) is 0 Å². The van der Waals surface area contributed by atoms with Gasteiger partial charge in [-0.15, -0.1) is 22.7 Å². The summed E-state index contributed by atoms with van der Waals surface area (Å²) in [5.74, 6) is 0.148. The van der Waals surface area contributed by atoms with Gasteiger partial charge in [0, 0.05) is 35.9 Å². The number of carbonyl (C=O) groups is 2. The highest BCUT2D eigenvalue weighted by Crippen LogP contribution is 2.18. The quantitative estimate of drug-likeness (QED) is 0.871. The van der Waals surface area contributed by atoms with Crippen LogP contribution in [0.1, 0.15) is 26.3 Å². The monoisotopic (exact) mass is 377 g/mol. The molecule has 0 aromatic carbocycles. The van der Waals surface area contributed by atoms with Crippen molar-refractivity contribution in [1.82, 2.24) is 15.1 Å². The van der Waals surface area contributed by atoms with Crippen molar-refractivity contribution in [2.75, 3.05) is 26.2 Å². The standard InChI is InChI=1S/C18H23N3O2S2/c1-13-5-6-16(25-13)18(23)21-9-7-20(8-10-21)14(2)17(22)19-12-15-4-3-11-24-15/h3-6,11,14H,7-10,12H2,1-2H3,(H,19,22). The van der Waals surface area contributed by atoms with E-state index >= 15 is 0 Å². The Morgan fingerprint density at radius 1 is 1.20 bits per heavy atom. The smallest absolute Gasteiger partial charge is 0.264 e. The Hall–Kier alpha value is -1.70. The summed E-state index contributed by atoms with van der Waals surface area (Å²) in [7, 11) is 0. The number of aryl methyl sites for hydroxylation is 1. The Morgan fingerprint density at radius 3 is 2.56 bits per heavy atom. The van der Waals surface area contributed by atoms with Crippen LogP contribution in [0.5, 0.6) is 0 Å². The van der Waals surface area contributed by atoms with Crippen molar-refractivity contribution < 1.29 is 9.59 Å². The minimum atomic E-state index is -0.179. The average molecular weight is 378 g/mol. The molecule has 5 nitrogen and oxygen atoms in total. The molecule has 1 unspecified atom stereocenters. The number of hydrogen-bond donors (Lipinski definition) is 1. The molecule has 1 aliphatic heterocycles. The van der Waals surface area contributed by atoms with Crippen LogP contribution >= 0.6 is 22.7 Å².